The summed E-state index contributed by atoms with van der Waals surface area (Å²) in [5.74, 6) is -2.07. The van der Waals surface area contributed by atoms with E-state index in [0.717, 1.165) is 0 Å². The first-order chi connectivity index (χ1) is 9.13. The topological polar surface area (TPSA) is 92.4 Å². The van der Waals surface area contributed by atoms with E-state index >= 15 is 0 Å². The molecule has 1 unspecified atom stereocenters. The van der Waals surface area contributed by atoms with Crippen molar-refractivity contribution in [2.75, 3.05) is 12.3 Å². The van der Waals surface area contributed by atoms with Gasteiger partial charge >= 0.3 is 0 Å². The van der Waals surface area contributed by atoms with Crippen LogP contribution >= 0.6 is 0 Å². The number of nitrogen functional groups attached to an aromatic ring is 1. The fourth-order valence-electron chi connectivity index (χ4n) is 1.66. The van der Waals surface area contributed by atoms with Crippen molar-refractivity contribution in [2.45, 2.75) is 31.3 Å². The third kappa shape index (κ3) is 4.39. The molecule has 0 spiro atoms. The third-order valence-electron chi connectivity index (χ3n) is 2.59. The van der Waals surface area contributed by atoms with E-state index in [9.17, 15) is 22.3 Å². The van der Waals surface area contributed by atoms with Crippen molar-refractivity contribution < 1.29 is 22.3 Å². The number of aliphatic hydroxyl groups excluding tert-OH is 1. The van der Waals surface area contributed by atoms with E-state index in [4.69, 9.17) is 5.73 Å². The molecule has 0 amide bonds. The van der Waals surface area contributed by atoms with Gasteiger partial charge in [0.1, 0.15) is 16.5 Å². The average molecular weight is 308 g/mol. The lowest BCUT2D eigenvalue weighted by molar-refractivity contribution is 0.152. The van der Waals surface area contributed by atoms with Gasteiger partial charge in [-0.1, -0.05) is 13.8 Å². The molecule has 0 aliphatic rings. The molecule has 5 nitrogen and oxygen atoms in total. The molecule has 20 heavy (non-hydrogen) atoms. The molecular weight excluding hydrogens is 290 g/mol. The number of nitrogens with two attached hydrogens (primary N) is 1. The van der Waals surface area contributed by atoms with Crippen LogP contribution in [0.15, 0.2) is 17.0 Å². The van der Waals surface area contributed by atoms with Gasteiger partial charge in [-0.25, -0.2) is 21.9 Å². The molecule has 0 aliphatic carbocycles. The van der Waals surface area contributed by atoms with Crippen LogP contribution in [0, 0.1) is 17.6 Å². The van der Waals surface area contributed by atoms with Crippen LogP contribution < -0.4 is 10.5 Å². The molecule has 1 aromatic carbocycles. The lowest BCUT2D eigenvalue weighted by Crippen LogP contribution is -2.33. The molecule has 0 radical (unpaired) electrons. The maximum atomic E-state index is 13.5. The van der Waals surface area contributed by atoms with E-state index in [0.29, 0.717) is 18.6 Å². The molecule has 0 saturated carbocycles. The Morgan fingerprint density at radius 3 is 2.45 bits per heavy atom. The normalized spacial score (nSPS) is 13.7. The molecule has 0 saturated heterocycles. The zero-order valence-corrected chi connectivity index (χ0v) is 12.0. The van der Waals surface area contributed by atoms with Gasteiger partial charge in [0.25, 0.3) is 0 Å². The van der Waals surface area contributed by atoms with Crippen molar-refractivity contribution in [1.82, 2.24) is 4.72 Å². The van der Waals surface area contributed by atoms with E-state index in [1.165, 1.54) is 0 Å². The van der Waals surface area contributed by atoms with Gasteiger partial charge in [0.05, 0.1) is 11.8 Å². The van der Waals surface area contributed by atoms with Crippen LogP contribution in [0.1, 0.15) is 20.3 Å². The predicted octanol–water partition coefficient (Wildman–Crippen LogP) is 1.23. The molecule has 114 valence electrons. The van der Waals surface area contributed by atoms with E-state index in [-0.39, 0.29) is 12.5 Å². The number of halogens is 2. The highest BCUT2D eigenvalue weighted by Crippen LogP contribution is 2.20. The second kappa shape index (κ2) is 6.47. The molecule has 0 bridgehead atoms. The van der Waals surface area contributed by atoms with E-state index in [1.54, 1.807) is 0 Å². The number of hydrogen-bond acceptors (Lipinski definition) is 4. The first-order valence-electron chi connectivity index (χ1n) is 6.05. The Morgan fingerprint density at radius 2 is 1.90 bits per heavy atom. The minimum atomic E-state index is -4.19. The maximum Gasteiger partial charge on any atom is 0.243 e. The summed E-state index contributed by atoms with van der Waals surface area (Å²) in [6.07, 6.45) is -0.484. The zero-order chi connectivity index (χ0) is 15.5. The minimum Gasteiger partial charge on any atom is -0.396 e. The average Bonchev–Trinajstić information content (AvgIpc) is 2.30. The molecule has 0 fully saturated rings. The predicted molar refractivity (Wildman–Crippen MR) is 71.4 cm³/mol. The number of rotatable bonds is 6. The lowest BCUT2D eigenvalue weighted by Gasteiger charge is -2.14. The van der Waals surface area contributed by atoms with Crippen molar-refractivity contribution in [3.05, 3.63) is 23.8 Å². The quantitative estimate of drug-likeness (QED) is 0.689. The fourth-order valence-corrected chi connectivity index (χ4v) is 2.83. The largest absolute Gasteiger partial charge is 0.396 e. The van der Waals surface area contributed by atoms with E-state index in [1.807, 2.05) is 13.8 Å². The zero-order valence-electron chi connectivity index (χ0n) is 11.2. The standard InChI is InChI=1S/C12H18F2N2O3S/c1-7(2)3-8(17)6-16-20(18,19)12-5-11(15)9(13)4-10(12)14/h4-5,7-8,16-17H,3,6,15H2,1-2H3. The van der Waals surface area contributed by atoms with Gasteiger partial charge in [0.15, 0.2) is 0 Å². The second-order valence-electron chi connectivity index (χ2n) is 4.94. The molecule has 0 aliphatic heterocycles. The highest BCUT2D eigenvalue weighted by Gasteiger charge is 2.22. The van der Waals surface area contributed by atoms with Gasteiger partial charge in [0, 0.05) is 12.6 Å². The van der Waals surface area contributed by atoms with Crippen LogP contribution in [0.5, 0.6) is 0 Å². The van der Waals surface area contributed by atoms with Gasteiger partial charge in [-0.3, -0.25) is 0 Å². The summed E-state index contributed by atoms with van der Waals surface area (Å²) in [7, 11) is -4.19. The molecule has 1 rings (SSSR count). The van der Waals surface area contributed by atoms with Crippen molar-refractivity contribution in [2.24, 2.45) is 5.92 Å². The van der Waals surface area contributed by atoms with Gasteiger partial charge < -0.3 is 10.8 Å². The molecule has 4 N–H and O–H groups in total. The van der Waals surface area contributed by atoms with Crippen LogP contribution in [0.3, 0.4) is 0 Å². The number of anilines is 1. The third-order valence-corrected chi connectivity index (χ3v) is 4.03. The Bertz CT molecular complexity index is 576. The maximum absolute atomic E-state index is 13.5. The number of benzene rings is 1. The highest BCUT2D eigenvalue weighted by atomic mass is 32.2. The lowest BCUT2D eigenvalue weighted by atomic mass is 10.1. The minimum absolute atomic E-state index is 0.188. The summed E-state index contributed by atoms with van der Waals surface area (Å²) in [5.41, 5.74) is 4.76. The van der Waals surface area contributed by atoms with Crippen LogP contribution in [0.2, 0.25) is 0 Å². The molecule has 1 atom stereocenters. The second-order valence-corrected chi connectivity index (χ2v) is 6.67. The Morgan fingerprint density at radius 1 is 1.30 bits per heavy atom. The van der Waals surface area contributed by atoms with Gasteiger partial charge in [-0.15, -0.1) is 0 Å². The summed E-state index contributed by atoms with van der Waals surface area (Å²) in [6, 6.07) is 1.12. The summed E-state index contributed by atoms with van der Waals surface area (Å²) in [4.78, 5) is -0.742. The SMILES string of the molecule is CC(C)CC(O)CNS(=O)(=O)c1cc(N)c(F)cc1F. The molecule has 8 heteroatoms. The number of sulfonamides is 1. The highest BCUT2D eigenvalue weighted by molar-refractivity contribution is 7.89. The molecule has 0 aromatic heterocycles. The Balaban J connectivity index is 2.87. The summed E-state index contributed by atoms with van der Waals surface area (Å²) in [5, 5.41) is 9.59. The van der Waals surface area contributed by atoms with Crippen molar-refractivity contribution in [1.29, 1.82) is 0 Å². The van der Waals surface area contributed by atoms with Crippen molar-refractivity contribution >= 4 is 15.7 Å². The number of nitrogens with one attached hydrogen (secondary N) is 1. The first kappa shape index (κ1) is 16.8. The van der Waals surface area contributed by atoms with Gasteiger partial charge in [0.2, 0.25) is 10.0 Å². The number of aliphatic hydroxyl groups is 1. The van der Waals surface area contributed by atoms with Crippen molar-refractivity contribution in [3.63, 3.8) is 0 Å². The summed E-state index contributed by atoms with van der Waals surface area (Å²) in [6.45, 7) is 3.49. The van der Waals surface area contributed by atoms with Gasteiger partial charge in [-0.2, -0.15) is 0 Å². The van der Waals surface area contributed by atoms with Gasteiger partial charge in [-0.05, 0) is 18.4 Å². The molecular formula is C12H18F2N2O3S. The Labute approximate surface area is 116 Å². The fraction of sp³-hybridized carbons (Fsp3) is 0.500. The summed E-state index contributed by atoms with van der Waals surface area (Å²) >= 11 is 0. The van der Waals surface area contributed by atoms with E-state index < -0.39 is 38.3 Å². The Hall–Kier alpha value is -1.25. The summed E-state index contributed by atoms with van der Waals surface area (Å²) < 4.78 is 52.3. The van der Waals surface area contributed by atoms with Crippen LogP contribution in [0.25, 0.3) is 0 Å². The molecule has 1 aromatic rings. The van der Waals surface area contributed by atoms with Crippen LogP contribution in [0.4, 0.5) is 14.5 Å². The van der Waals surface area contributed by atoms with Crippen LogP contribution in [-0.2, 0) is 10.0 Å². The Kier molecular flexibility index (Phi) is 5.43. The molecule has 0 heterocycles. The van der Waals surface area contributed by atoms with Crippen molar-refractivity contribution in [3.8, 4) is 0 Å². The number of hydrogen-bond donors (Lipinski definition) is 3. The monoisotopic (exact) mass is 308 g/mol. The van der Waals surface area contributed by atoms with E-state index in [2.05, 4.69) is 4.72 Å². The van der Waals surface area contributed by atoms with Crippen LogP contribution in [-0.4, -0.2) is 26.2 Å². The smallest absolute Gasteiger partial charge is 0.243 e. The first-order valence-corrected chi connectivity index (χ1v) is 7.54.